The Bertz CT molecular complexity index is 132. The predicted molar refractivity (Wildman–Crippen MR) is 53.2 cm³/mol. The molecule has 0 saturated carbocycles. The Kier molecular flexibility index (Phi) is 13.6. The van der Waals surface area contributed by atoms with Crippen molar-refractivity contribution in [1.82, 2.24) is 0 Å². The third kappa shape index (κ3) is 12.3. The first-order valence-corrected chi connectivity index (χ1v) is 4.06. The highest BCUT2D eigenvalue weighted by Crippen LogP contribution is 1.86. The van der Waals surface area contributed by atoms with Crippen molar-refractivity contribution in [2.24, 2.45) is 5.73 Å². The van der Waals surface area contributed by atoms with E-state index in [1.54, 1.807) is 6.08 Å². The van der Waals surface area contributed by atoms with Crippen LogP contribution in [0.25, 0.3) is 0 Å². The van der Waals surface area contributed by atoms with E-state index in [1.165, 1.54) is 0 Å². The molecule has 0 rings (SSSR count). The van der Waals surface area contributed by atoms with Crippen molar-refractivity contribution in [1.29, 1.82) is 0 Å². The average molecular weight is 153 g/mol. The topological polar surface area (TPSA) is 26.0 Å². The van der Waals surface area contributed by atoms with Crippen LogP contribution in [0.15, 0.2) is 36.6 Å². The van der Waals surface area contributed by atoms with Gasteiger partial charge in [-0.05, 0) is 18.6 Å². The summed E-state index contributed by atoms with van der Waals surface area (Å²) in [7, 11) is 0. The van der Waals surface area contributed by atoms with Gasteiger partial charge in [-0.15, -0.1) is 0 Å². The maximum absolute atomic E-state index is 5.41. The van der Waals surface area contributed by atoms with Gasteiger partial charge in [-0.25, -0.2) is 0 Å². The Morgan fingerprint density at radius 2 is 2.00 bits per heavy atom. The molecule has 11 heavy (non-hydrogen) atoms. The predicted octanol–water partition coefficient (Wildman–Crippen LogP) is 3.01. The second-order valence-electron chi connectivity index (χ2n) is 1.71. The van der Waals surface area contributed by atoms with Crippen LogP contribution in [0, 0.1) is 0 Å². The van der Waals surface area contributed by atoms with Gasteiger partial charge in [0.25, 0.3) is 0 Å². The number of allylic oxidation sites excluding steroid dienone is 4. The highest BCUT2D eigenvalue weighted by atomic mass is 14.5. The summed E-state index contributed by atoms with van der Waals surface area (Å²) >= 11 is 0. The zero-order valence-corrected chi connectivity index (χ0v) is 7.80. The van der Waals surface area contributed by atoms with Crippen molar-refractivity contribution in [3.63, 3.8) is 0 Å². The van der Waals surface area contributed by atoms with Gasteiger partial charge >= 0.3 is 0 Å². The number of rotatable bonds is 3. The molecule has 1 heteroatoms. The minimum absolute atomic E-state index is 0.708. The number of hydrogen-bond donors (Lipinski definition) is 1. The van der Waals surface area contributed by atoms with Gasteiger partial charge in [0.15, 0.2) is 0 Å². The fraction of sp³-hybridized carbons (Fsp3) is 0.400. The summed E-state index contributed by atoms with van der Waals surface area (Å²) in [5.74, 6) is 0. The van der Waals surface area contributed by atoms with Crippen molar-refractivity contribution >= 4 is 0 Å². The van der Waals surface area contributed by atoms with Crippen molar-refractivity contribution < 1.29 is 0 Å². The van der Waals surface area contributed by atoms with Crippen LogP contribution in [0.5, 0.6) is 0 Å². The Hall–Kier alpha value is -0.980. The molecule has 0 aromatic rings. The van der Waals surface area contributed by atoms with Crippen LogP contribution >= 0.6 is 0 Å². The fourth-order valence-electron chi connectivity index (χ4n) is 0.383. The summed E-state index contributed by atoms with van der Waals surface area (Å²) in [6.07, 6.45) is 8.46. The van der Waals surface area contributed by atoms with E-state index in [9.17, 15) is 0 Å². The van der Waals surface area contributed by atoms with Crippen molar-refractivity contribution in [3.8, 4) is 0 Å². The molecule has 0 fully saturated rings. The van der Waals surface area contributed by atoms with E-state index >= 15 is 0 Å². The van der Waals surface area contributed by atoms with Crippen LogP contribution in [0.2, 0.25) is 0 Å². The van der Waals surface area contributed by atoms with Crippen molar-refractivity contribution in [2.45, 2.75) is 27.2 Å². The maximum Gasteiger partial charge on any atom is 0.0307 e. The second kappa shape index (κ2) is 11.8. The van der Waals surface area contributed by atoms with Crippen molar-refractivity contribution in [3.05, 3.63) is 36.6 Å². The third-order valence-corrected chi connectivity index (χ3v) is 0.896. The maximum atomic E-state index is 5.41. The molecule has 2 N–H and O–H groups in total. The summed E-state index contributed by atoms with van der Waals surface area (Å²) in [4.78, 5) is 0. The van der Waals surface area contributed by atoms with Crippen LogP contribution in [0.1, 0.15) is 27.2 Å². The van der Waals surface area contributed by atoms with Gasteiger partial charge < -0.3 is 5.73 Å². The van der Waals surface area contributed by atoms with Gasteiger partial charge in [-0.3, -0.25) is 0 Å². The van der Waals surface area contributed by atoms with Gasteiger partial charge in [0.2, 0.25) is 0 Å². The van der Waals surface area contributed by atoms with Crippen LogP contribution in [-0.2, 0) is 0 Å². The molecule has 1 nitrogen and oxygen atoms in total. The van der Waals surface area contributed by atoms with Crippen molar-refractivity contribution in [2.75, 3.05) is 0 Å². The van der Waals surface area contributed by atoms with Crippen LogP contribution in [0.4, 0.5) is 0 Å². The molecule has 0 atom stereocenters. The van der Waals surface area contributed by atoms with E-state index in [-0.39, 0.29) is 0 Å². The highest BCUT2D eigenvalue weighted by Gasteiger charge is 1.71. The summed E-state index contributed by atoms with van der Waals surface area (Å²) in [5.41, 5.74) is 6.11. The number of nitrogens with two attached hydrogens (primary N) is 1. The molecule has 0 aromatic heterocycles. The molecule has 0 saturated heterocycles. The van der Waals surface area contributed by atoms with E-state index in [1.807, 2.05) is 32.1 Å². The summed E-state index contributed by atoms with van der Waals surface area (Å²) in [5, 5.41) is 0. The van der Waals surface area contributed by atoms with Crippen LogP contribution < -0.4 is 5.73 Å². The Morgan fingerprint density at radius 3 is 2.36 bits per heavy atom. The first kappa shape index (κ1) is 12.7. The largest absolute Gasteiger partial charge is 0.399 e. The quantitative estimate of drug-likeness (QED) is 0.620. The molecule has 0 amide bonds. The van der Waals surface area contributed by atoms with E-state index in [0.717, 1.165) is 6.42 Å². The highest BCUT2D eigenvalue weighted by molar-refractivity contribution is 5.18. The van der Waals surface area contributed by atoms with Gasteiger partial charge in [0, 0.05) is 5.70 Å². The normalized spacial score (nSPS) is 10.6. The lowest BCUT2D eigenvalue weighted by Gasteiger charge is -1.83. The molecule has 0 aliphatic carbocycles. The lowest BCUT2D eigenvalue weighted by Crippen LogP contribution is -1.89. The first-order chi connectivity index (χ1) is 5.31. The molecule has 0 aliphatic rings. The molecule has 64 valence electrons. The zero-order chi connectivity index (χ0) is 9.11. The van der Waals surface area contributed by atoms with E-state index in [0.29, 0.717) is 5.70 Å². The minimum atomic E-state index is 0.708. The molecule has 0 unspecified atom stereocenters. The van der Waals surface area contributed by atoms with Gasteiger partial charge in [0.05, 0.1) is 0 Å². The first-order valence-electron chi connectivity index (χ1n) is 4.06. The Labute approximate surface area is 70.3 Å². The van der Waals surface area contributed by atoms with E-state index in [4.69, 9.17) is 5.73 Å². The summed E-state index contributed by atoms with van der Waals surface area (Å²) < 4.78 is 0. The SMILES string of the molecule is C=C/C(N)=C\C=C/CC.CC. The smallest absolute Gasteiger partial charge is 0.0307 e. The van der Waals surface area contributed by atoms with Gasteiger partial charge in [-0.1, -0.05) is 39.5 Å². The van der Waals surface area contributed by atoms with Gasteiger partial charge in [0.1, 0.15) is 0 Å². The molecule has 0 heterocycles. The summed E-state index contributed by atoms with van der Waals surface area (Å²) in [6, 6.07) is 0. The lowest BCUT2D eigenvalue weighted by molar-refractivity contribution is 1.22. The second-order valence-corrected chi connectivity index (χ2v) is 1.71. The van der Waals surface area contributed by atoms with Crippen LogP contribution in [-0.4, -0.2) is 0 Å². The molecular formula is C10H19N. The number of hydrogen-bond acceptors (Lipinski definition) is 1. The third-order valence-electron chi connectivity index (χ3n) is 0.896. The van der Waals surface area contributed by atoms with E-state index in [2.05, 4.69) is 13.5 Å². The lowest BCUT2D eigenvalue weighted by atomic mass is 10.3. The molecule has 0 radical (unpaired) electrons. The van der Waals surface area contributed by atoms with E-state index < -0.39 is 0 Å². The Balaban J connectivity index is 0. The molecule has 0 bridgehead atoms. The average Bonchev–Trinajstić information content (AvgIpc) is 2.08. The molecule has 0 aromatic carbocycles. The minimum Gasteiger partial charge on any atom is -0.399 e. The van der Waals surface area contributed by atoms with Crippen LogP contribution in [0.3, 0.4) is 0 Å². The standard InChI is InChI=1S/C8H13N.C2H6/c1-3-5-6-7-8(9)4-2;1-2/h4-7H,2-3,9H2,1H3;1-2H3/b6-5-,8-7+;. The molecule has 0 spiro atoms. The summed E-state index contributed by atoms with van der Waals surface area (Å²) in [6.45, 7) is 9.59. The molecular weight excluding hydrogens is 134 g/mol. The monoisotopic (exact) mass is 153 g/mol. The van der Waals surface area contributed by atoms with Gasteiger partial charge in [-0.2, -0.15) is 0 Å². The molecule has 0 aliphatic heterocycles. The fourth-order valence-corrected chi connectivity index (χ4v) is 0.383. The zero-order valence-electron chi connectivity index (χ0n) is 7.80. The Morgan fingerprint density at radius 1 is 1.45 bits per heavy atom.